The highest BCUT2D eigenvalue weighted by molar-refractivity contribution is 14.0. The molecule has 3 N–H and O–H groups in total. The quantitative estimate of drug-likeness (QED) is 0.287. The van der Waals surface area contributed by atoms with Crippen LogP contribution in [0.3, 0.4) is 0 Å². The molecule has 0 atom stereocenters. The van der Waals surface area contributed by atoms with Crippen molar-refractivity contribution >= 4 is 40.0 Å². The van der Waals surface area contributed by atoms with Crippen LogP contribution in [0.2, 0.25) is 0 Å². The summed E-state index contributed by atoms with van der Waals surface area (Å²) in [4.78, 5) is 4.26. The number of nitrogens with one attached hydrogen (secondary N) is 3. The minimum atomic E-state index is -3.25. The zero-order chi connectivity index (χ0) is 19.7. The van der Waals surface area contributed by atoms with Crippen LogP contribution in [0.5, 0.6) is 0 Å². The molecule has 0 heterocycles. The molecule has 0 amide bonds. The number of aryl methyl sites for hydroxylation is 1. The third-order valence-electron chi connectivity index (χ3n) is 4.32. The van der Waals surface area contributed by atoms with Crippen molar-refractivity contribution in [2.45, 2.75) is 32.2 Å². The first kappa shape index (κ1) is 24.4. The lowest BCUT2D eigenvalue weighted by molar-refractivity contribution is 0.587. The Morgan fingerprint density at radius 2 is 1.50 bits per heavy atom. The molecule has 8 heteroatoms. The number of rotatable bonds is 8. The van der Waals surface area contributed by atoms with E-state index in [1.807, 2.05) is 30.3 Å². The molecule has 0 saturated carbocycles. The first-order valence-electron chi connectivity index (χ1n) is 8.97. The second-order valence-corrected chi connectivity index (χ2v) is 8.11. The van der Waals surface area contributed by atoms with Gasteiger partial charge in [-0.15, -0.1) is 24.0 Å². The van der Waals surface area contributed by atoms with E-state index >= 15 is 0 Å². The number of aliphatic imine (C=N–C) groups is 1. The van der Waals surface area contributed by atoms with Crippen molar-refractivity contribution < 1.29 is 8.42 Å². The van der Waals surface area contributed by atoms with Gasteiger partial charge in [-0.25, -0.2) is 13.1 Å². The number of nitrogens with zero attached hydrogens (tertiary/aromatic N) is 1. The second kappa shape index (κ2) is 12.0. The largest absolute Gasteiger partial charge is 0.352 e. The topological polar surface area (TPSA) is 82.6 Å². The van der Waals surface area contributed by atoms with Crippen LogP contribution in [0.25, 0.3) is 0 Å². The lowest BCUT2D eigenvalue weighted by Gasteiger charge is -2.14. The predicted octanol–water partition coefficient (Wildman–Crippen LogP) is 2.78. The SMILES string of the molecule is CCc1ccccc1CNC(=NC)NCc1ccc(CS(=O)(=O)NC)cc1.I. The fraction of sp³-hybridized carbons (Fsp3) is 0.350. The van der Waals surface area contributed by atoms with Crippen LogP contribution < -0.4 is 15.4 Å². The zero-order valence-electron chi connectivity index (χ0n) is 16.5. The molecule has 154 valence electrons. The van der Waals surface area contributed by atoms with Crippen LogP contribution in [0.15, 0.2) is 53.5 Å². The van der Waals surface area contributed by atoms with Crippen molar-refractivity contribution in [1.82, 2.24) is 15.4 Å². The first-order valence-corrected chi connectivity index (χ1v) is 10.6. The lowest BCUT2D eigenvalue weighted by Crippen LogP contribution is -2.36. The number of benzene rings is 2. The minimum absolute atomic E-state index is 0. The molecule has 0 radical (unpaired) electrons. The molecule has 0 unspecified atom stereocenters. The van der Waals surface area contributed by atoms with E-state index in [1.54, 1.807) is 7.05 Å². The van der Waals surface area contributed by atoms with Crippen LogP contribution in [0, 0.1) is 0 Å². The van der Waals surface area contributed by atoms with Gasteiger partial charge in [0, 0.05) is 20.1 Å². The van der Waals surface area contributed by atoms with Crippen LogP contribution in [0.4, 0.5) is 0 Å². The molecule has 2 aromatic rings. The van der Waals surface area contributed by atoms with Crippen molar-refractivity contribution in [2.75, 3.05) is 14.1 Å². The van der Waals surface area contributed by atoms with E-state index < -0.39 is 10.0 Å². The maximum Gasteiger partial charge on any atom is 0.215 e. The van der Waals surface area contributed by atoms with Gasteiger partial charge in [0.05, 0.1) is 5.75 Å². The molecule has 0 aliphatic heterocycles. The summed E-state index contributed by atoms with van der Waals surface area (Å²) < 4.78 is 25.5. The maximum absolute atomic E-state index is 11.6. The highest BCUT2D eigenvalue weighted by atomic mass is 127. The van der Waals surface area contributed by atoms with Gasteiger partial charge in [0.1, 0.15) is 0 Å². The maximum atomic E-state index is 11.6. The second-order valence-electron chi connectivity index (χ2n) is 6.18. The van der Waals surface area contributed by atoms with E-state index in [2.05, 4.69) is 45.5 Å². The smallest absolute Gasteiger partial charge is 0.215 e. The normalized spacial score (nSPS) is 11.6. The third kappa shape index (κ3) is 7.76. The van der Waals surface area contributed by atoms with Crippen molar-refractivity contribution in [2.24, 2.45) is 4.99 Å². The van der Waals surface area contributed by atoms with Crippen molar-refractivity contribution in [3.63, 3.8) is 0 Å². The summed E-state index contributed by atoms with van der Waals surface area (Å²) in [5.41, 5.74) is 4.40. The Balaban J connectivity index is 0.00000392. The molecular weight excluding hydrogens is 487 g/mol. The van der Waals surface area contributed by atoms with Crippen LogP contribution >= 0.6 is 24.0 Å². The summed E-state index contributed by atoms with van der Waals surface area (Å²) >= 11 is 0. The molecule has 6 nitrogen and oxygen atoms in total. The number of sulfonamides is 1. The molecule has 2 rings (SSSR count). The van der Waals surface area contributed by atoms with Gasteiger partial charge >= 0.3 is 0 Å². The Kier molecular flexibility index (Phi) is 10.5. The van der Waals surface area contributed by atoms with Crippen molar-refractivity contribution in [3.8, 4) is 0 Å². The van der Waals surface area contributed by atoms with Gasteiger partial charge in [-0.2, -0.15) is 0 Å². The Bertz CT molecular complexity index is 868. The summed E-state index contributed by atoms with van der Waals surface area (Å²) in [7, 11) is -0.0848. The fourth-order valence-corrected chi connectivity index (χ4v) is 3.48. The molecule has 0 aliphatic carbocycles. The lowest BCUT2D eigenvalue weighted by atomic mass is 10.1. The van der Waals surface area contributed by atoms with E-state index in [1.165, 1.54) is 18.2 Å². The standard InChI is InChI=1S/C20H28N4O2S.HI/c1-4-18-7-5-6-8-19(18)14-24-20(21-2)23-13-16-9-11-17(12-10-16)15-27(25,26)22-3;/h5-12,22H,4,13-15H2,1-3H3,(H2,21,23,24);1H. The zero-order valence-corrected chi connectivity index (χ0v) is 19.7. The van der Waals surface area contributed by atoms with E-state index in [0.717, 1.165) is 23.5 Å². The minimum Gasteiger partial charge on any atom is -0.352 e. The van der Waals surface area contributed by atoms with Gasteiger partial charge in [-0.05, 0) is 35.7 Å². The number of guanidine groups is 1. The van der Waals surface area contributed by atoms with Crippen molar-refractivity contribution in [3.05, 3.63) is 70.8 Å². The highest BCUT2D eigenvalue weighted by Crippen LogP contribution is 2.09. The van der Waals surface area contributed by atoms with Crippen LogP contribution in [-0.2, 0) is 35.3 Å². The van der Waals surface area contributed by atoms with Gasteiger partial charge < -0.3 is 10.6 Å². The Morgan fingerprint density at radius 1 is 0.929 bits per heavy atom. The van der Waals surface area contributed by atoms with Gasteiger partial charge in [0.25, 0.3) is 0 Å². The molecular formula is C20H29IN4O2S. The number of halogens is 1. The van der Waals surface area contributed by atoms with Crippen molar-refractivity contribution in [1.29, 1.82) is 0 Å². The summed E-state index contributed by atoms with van der Waals surface area (Å²) in [6.45, 7) is 3.47. The molecule has 2 aromatic carbocycles. The monoisotopic (exact) mass is 516 g/mol. The average molecular weight is 516 g/mol. The van der Waals surface area contributed by atoms with E-state index in [9.17, 15) is 8.42 Å². The Morgan fingerprint density at radius 3 is 2.07 bits per heavy atom. The van der Waals surface area contributed by atoms with Gasteiger partial charge in [0.15, 0.2) is 5.96 Å². The molecule has 0 aliphatic rings. The predicted molar refractivity (Wildman–Crippen MR) is 126 cm³/mol. The van der Waals surface area contributed by atoms with Gasteiger partial charge in [0.2, 0.25) is 10.0 Å². The molecule has 0 bridgehead atoms. The summed E-state index contributed by atoms with van der Waals surface area (Å²) in [5.74, 6) is 0.708. The molecule has 0 fully saturated rings. The molecule has 0 saturated heterocycles. The highest BCUT2D eigenvalue weighted by Gasteiger charge is 2.08. The average Bonchev–Trinajstić information content (AvgIpc) is 2.69. The first-order chi connectivity index (χ1) is 13.0. The van der Waals surface area contributed by atoms with E-state index in [4.69, 9.17) is 0 Å². The molecule has 0 spiro atoms. The summed E-state index contributed by atoms with van der Waals surface area (Å²) in [5, 5.41) is 6.61. The molecule has 0 aromatic heterocycles. The van der Waals surface area contributed by atoms with Crippen LogP contribution in [-0.4, -0.2) is 28.5 Å². The van der Waals surface area contributed by atoms with Gasteiger partial charge in [-0.3, -0.25) is 4.99 Å². The number of hydrogen-bond donors (Lipinski definition) is 3. The van der Waals surface area contributed by atoms with E-state index in [-0.39, 0.29) is 29.7 Å². The van der Waals surface area contributed by atoms with E-state index in [0.29, 0.717) is 13.1 Å². The van der Waals surface area contributed by atoms with Gasteiger partial charge in [-0.1, -0.05) is 55.5 Å². The molecule has 28 heavy (non-hydrogen) atoms. The fourth-order valence-electron chi connectivity index (χ4n) is 2.71. The Hall–Kier alpha value is -1.65. The summed E-state index contributed by atoms with van der Waals surface area (Å²) in [6, 6.07) is 15.9. The third-order valence-corrected chi connectivity index (χ3v) is 5.66. The van der Waals surface area contributed by atoms with Crippen LogP contribution in [0.1, 0.15) is 29.2 Å². The summed E-state index contributed by atoms with van der Waals surface area (Å²) in [6.07, 6.45) is 1.000. The Labute approximate surface area is 185 Å². The number of hydrogen-bond acceptors (Lipinski definition) is 3.